The van der Waals surface area contributed by atoms with Crippen LogP contribution < -0.4 is 19.7 Å². The third-order valence-corrected chi connectivity index (χ3v) is 6.83. The third-order valence-electron chi connectivity index (χ3n) is 5.75. The number of amides is 1. The van der Waals surface area contributed by atoms with Crippen LogP contribution in [0.5, 0.6) is 11.5 Å². The van der Waals surface area contributed by atoms with Gasteiger partial charge in [0.25, 0.3) is 0 Å². The zero-order valence-corrected chi connectivity index (χ0v) is 19.2. The average Bonchev–Trinajstić information content (AvgIpc) is 3.25. The maximum absolute atomic E-state index is 12.6. The number of thiazole rings is 1. The molecule has 0 unspecified atom stereocenters. The number of nitrogens with zero attached hydrogens (tertiary/aromatic N) is 2. The Kier molecular flexibility index (Phi) is 6.13. The highest BCUT2D eigenvalue weighted by atomic mass is 32.1. The van der Waals surface area contributed by atoms with Crippen molar-refractivity contribution in [1.82, 2.24) is 10.3 Å². The number of fused-ring (bicyclic) bond motifs is 1. The molecular formula is C26H25N3O3S. The number of hydrogen-bond acceptors (Lipinski definition) is 6. The molecule has 2 heterocycles. The summed E-state index contributed by atoms with van der Waals surface area (Å²) in [6.07, 6.45) is 0. The van der Waals surface area contributed by atoms with Gasteiger partial charge in [-0.1, -0.05) is 59.9 Å². The topological polar surface area (TPSA) is 63.7 Å². The van der Waals surface area contributed by atoms with Gasteiger partial charge in [0.15, 0.2) is 5.13 Å². The SMILES string of the molecule is COc1cccc2sc(N3CC(C(=O)NCc4ccc(OCc5ccccc5)cc4)C3)nc12. The molecule has 0 spiro atoms. The third kappa shape index (κ3) is 4.78. The van der Waals surface area contributed by atoms with Gasteiger partial charge in [-0.2, -0.15) is 0 Å². The number of hydrogen-bond donors (Lipinski definition) is 1. The number of rotatable bonds is 8. The molecule has 7 heteroatoms. The summed E-state index contributed by atoms with van der Waals surface area (Å²) in [6, 6.07) is 23.9. The summed E-state index contributed by atoms with van der Waals surface area (Å²) in [4.78, 5) is 19.4. The van der Waals surface area contributed by atoms with Crippen molar-refractivity contribution in [1.29, 1.82) is 0 Å². The predicted molar refractivity (Wildman–Crippen MR) is 131 cm³/mol. The van der Waals surface area contributed by atoms with E-state index in [1.807, 2.05) is 72.8 Å². The normalized spacial score (nSPS) is 13.5. The van der Waals surface area contributed by atoms with Crippen molar-refractivity contribution < 1.29 is 14.3 Å². The van der Waals surface area contributed by atoms with Crippen molar-refractivity contribution in [2.75, 3.05) is 25.1 Å². The largest absolute Gasteiger partial charge is 0.494 e. The number of benzene rings is 3. The Morgan fingerprint density at radius 2 is 1.82 bits per heavy atom. The first-order chi connectivity index (χ1) is 16.2. The average molecular weight is 460 g/mol. The van der Waals surface area contributed by atoms with Gasteiger partial charge < -0.3 is 19.7 Å². The molecule has 4 aromatic rings. The lowest BCUT2D eigenvalue weighted by atomic mass is 10.00. The van der Waals surface area contributed by atoms with Gasteiger partial charge in [0, 0.05) is 19.6 Å². The molecule has 6 nitrogen and oxygen atoms in total. The molecule has 5 rings (SSSR count). The fraction of sp³-hybridized carbons (Fsp3) is 0.231. The van der Waals surface area contributed by atoms with Crippen LogP contribution in [0.4, 0.5) is 5.13 Å². The van der Waals surface area contributed by atoms with Crippen LogP contribution in [-0.4, -0.2) is 31.1 Å². The Morgan fingerprint density at radius 1 is 1.03 bits per heavy atom. The van der Waals surface area contributed by atoms with E-state index in [4.69, 9.17) is 14.5 Å². The molecule has 1 fully saturated rings. The summed E-state index contributed by atoms with van der Waals surface area (Å²) in [7, 11) is 1.66. The second kappa shape index (κ2) is 9.50. The molecular weight excluding hydrogens is 434 g/mol. The lowest BCUT2D eigenvalue weighted by Gasteiger charge is -2.37. The van der Waals surface area contributed by atoms with E-state index in [1.165, 1.54) is 0 Å². The van der Waals surface area contributed by atoms with E-state index in [1.54, 1.807) is 18.4 Å². The van der Waals surface area contributed by atoms with Gasteiger partial charge in [-0.05, 0) is 35.4 Å². The summed E-state index contributed by atoms with van der Waals surface area (Å²) in [6.45, 7) is 2.41. The second-order valence-corrected chi connectivity index (χ2v) is 9.05. The van der Waals surface area contributed by atoms with E-state index in [-0.39, 0.29) is 11.8 Å². The molecule has 1 aromatic heterocycles. The van der Waals surface area contributed by atoms with Crippen molar-refractivity contribution in [2.24, 2.45) is 5.92 Å². The molecule has 1 saturated heterocycles. The van der Waals surface area contributed by atoms with Gasteiger partial charge in [0.1, 0.15) is 23.6 Å². The van der Waals surface area contributed by atoms with Gasteiger partial charge in [-0.15, -0.1) is 0 Å². The van der Waals surface area contributed by atoms with Crippen LogP contribution in [0.2, 0.25) is 0 Å². The monoisotopic (exact) mass is 459 g/mol. The Labute approximate surface area is 196 Å². The van der Waals surface area contributed by atoms with Gasteiger partial charge in [0.05, 0.1) is 17.7 Å². The van der Waals surface area contributed by atoms with Gasteiger partial charge in [-0.3, -0.25) is 4.79 Å². The molecule has 1 aliphatic heterocycles. The van der Waals surface area contributed by atoms with Crippen molar-refractivity contribution in [3.63, 3.8) is 0 Å². The molecule has 0 radical (unpaired) electrons. The smallest absolute Gasteiger partial charge is 0.226 e. The molecule has 0 atom stereocenters. The van der Waals surface area contributed by atoms with E-state index in [2.05, 4.69) is 10.2 Å². The number of ether oxygens (including phenoxy) is 2. The van der Waals surface area contributed by atoms with Crippen molar-refractivity contribution in [3.8, 4) is 11.5 Å². The van der Waals surface area contributed by atoms with E-state index >= 15 is 0 Å². The fourth-order valence-corrected chi connectivity index (χ4v) is 4.79. The molecule has 3 aromatic carbocycles. The highest BCUT2D eigenvalue weighted by Gasteiger charge is 2.34. The van der Waals surface area contributed by atoms with Crippen LogP contribution in [0.15, 0.2) is 72.8 Å². The standard InChI is InChI=1S/C26H25N3O3S/c1-31-22-8-5-9-23-24(22)28-26(33-23)29-15-20(16-29)25(30)27-14-18-10-12-21(13-11-18)32-17-19-6-3-2-4-7-19/h2-13,20H,14-17H2,1H3,(H,27,30). The number of para-hydroxylation sites is 1. The Morgan fingerprint density at radius 3 is 2.58 bits per heavy atom. The van der Waals surface area contributed by atoms with E-state index in [9.17, 15) is 4.79 Å². The summed E-state index contributed by atoms with van der Waals surface area (Å²) in [5, 5.41) is 3.99. The summed E-state index contributed by atoms with van der Waals surface area (Å²) < 4.78 is 12.3. The van der Waals surface area contributed by atoms with Crippen molar-refractivity contribution >= 4 is 32.6 Å². The summed E-state index contributed by atoms with van der Waals surface area (Å²) in [5.41, 5.74) is 3.06. The zero-order valence-electron chi connectivity index (χ0n) is 18.4. The van der Waals surface area contributed by atoms with Crippen LogP contribution in [-0.2, 0) is 17.9 Å². The molecule has 0 aliphatic carbocycles. The number of anilines is 1. The van der Waals surface area contributed by atoms with Crippen molar-refractivity contribution in [3.05, 3.63) is 83.9 Å². The highest BCUT2D eigenvalue weighted by molar-refractivity contribution is 7.22. The molecule has 1 amide bonds. The second-order valence-electron chi connectivity index (χ2n) is 8.04. The van der Waals surface area contributed by atoms with Gasteiger partial charge >= 0.3 is 0 Å². The van der Waals surface area contributed by atoms with Crippen molar-refractivity contribution in [2.45, 2.75) is 13.2 Å². The minimum atomic E-state index is -0.0209. The van der Waals surface area contributed by atoms with Crippen LogP contribution in [0.25, 0.3) is 10.2 Å². The van der Waals surface area contributed by atoms with Crippen LogP contribution in [0.3, 0.4) is 0 Å². The minimum absolute atomic E-state index is 0.0209. The molecule has 0 bridgehead atoms. The molecule has 1 N–H and O–H groups in total. The Bertz CT molecular complexity index is 1230. The van der Waals surface area contributed by atoms with E-state index in [0.717, 1.165) is 38.0 Å². The predicted octanol–water partition coefficient (Wildman–Crippen LogP) is 4.64. The van der Waals surface area contributed by atoms with Crippen LogP contribution in [0, 0.1) is 5.92 Å². The van der Waals surface area contributed by atoms with Crippen LogP contribution in [0.1, 0.15) is 11.1 Å². The Balaban J connectivity index is 1.09. The first-order valence-corrected chi connectivity index (χ1v) is 11.7. The lowest BCUT2D eigenvalue weighted by Crippen LogP contribution is -2.53. The molecule has 1 aliphatic rings. The number of methoxy groups -OCH3 is 1. The van der Waals surface area contributed by atoms with E-state index in [0.29, 0.717) is 26.2 Å². The molecule has 0 saturated carbocycles. The minimum Gasteiger partial charge on any atom is -0.494 e. The number of carbonyl (C=O) groups excluding carboxylic acids is 1. The Hall–Kier alpha value is -3.58. The molecule has 33 heavy (non-hydrogen) atoms. The van der Waals surface area contributed by atoms with Gasteiger partial charge in [-0.25, -0.2) is 4.98 Å². The fourth-order valence-electron chi connectivity index (χ4n) is 3.79. The first kappa shape index (κ1) is 21.3. The first-order valence-electron chi connectivity index (χ1n) is 10.9. The van der Waals surface area contributed by atoms with Crippen LogP contribution >= 0.6 is 11.3 Å². The maximum atomic E-state index is 12.6. The number of aromatic nitrogens is 1. The number of nitrogens with one attached hydrogen (secondary N) is 1. The molecule has 168 valence electrons. The zero-order chi connectivity index (χ0) is 22.6. The van der Waals surface area contributed by atoms with Gasteiger partial charge in [0.2, 0.25) is 5.91 Å². The quantitative estimate of drug-likeness (QED) is 0.416. The summed E-state index contributed by atoms with van der Waals surface area (Å²) in [5.74, 6) is 1.65. The van der Waals surface area contributed by atoms with E-state index < -0.39 is 0 Å². The maximum Gasteiger partial charge on any atom is 0.226 e. The summed E-state index contributed by atoms with van der Waals surface area (Å²) >= 11 is 1.63. The lowest BCUT2D eigenvalue weighted by molar-refractivity contribution is -0.125. The number of carbonyl (C=O) groups is 1. The highest BCUT2D eigenvalue weighted by Crippen LogP contribution is 2.36.